The van der Waals surface area contributed by atoms with Gasteiger partial charge in [-0.1, -0.05) is 6.07 Å². The number of thiocarbonyl (C=S) groups is 1. The molecule has 1 N–H and O–H groups in total. The summed E-state index contributed by atoms with van der Waals surface area (Å²) in [4.78, 5) is 2.09. The van der Waals surface area contributed by atoms with Gasteiger partial charge in [-0.05, 0) is 61.8 Å². The minimum absolute atomic E-state index is 0.203. The van der Waals surface area contributed by atoms with Gasteiger partial charge in [-0.25, -0.2) is 0 Å². The van der Waals surface area contributed by atoms with E-state index in [0.717, 1.165) is 48.8 Å². The van der Waals surface area contributed by atoms with E-state index in [4.69, 9.17) is 26.1 Å². The number of aryl methyl sites for hydroxylation is 1. The van der Waals surface area contributed by atoms with Gasteiger partial charge < -0.3 is 24.1 Å². The van der Waals surface area contributed by atoms with Gasteiger partial charge in [-0.3, -0.25) is 0 Å². The molecule has 0 spiro atoms. The first-order valence-corrected chi connectivity index (χ1v) is 8.91. The summed E-state index contributed by atoms with van der Waals surface area (Å²) in [6.45, 7) is 4.21. The number of methoxy groups -OCH3 is 1. The Bertz CT molecular complexity index is 697. The maximum atomic E-state index is 5.78. The molecule has 0 bridgehead atoms. The Morgan fingerprint density at radius 2 is 2.28 bits per heavy atom. The van der Waals surface area contributed by atoms with E-state index in [1.165, 1.54) is 0 Å². The topological polar surface area (TPSA) is 46.9 Å². The molecule has 0 aliphatic carbocycles. The Balaban J connectivity index is 1.74. The summed E-state index contributed by atoms with van der Waals surface area (Å²) >= 11 is 5.68. The van der Waals surface area contributed by atoms with Crippen molar-refractivity contribution in [3.8, 4) is 5.75 Å². The van der Waals surface area contributed by atoms with Gasteiger partial charge in [0.05, 0.1) is 31.7 Å². The average Bonchev–Trinajstić information content (AvgIpc) is 3.28. The molecule has 134 valence electrons. The van der Waals surface area contributed by atoms with Crippen molar-refractivity contribution in [2.24, 2.45) is 0 Å². The summed E-state index contributed by atoms with van der Waals surface area (Å²) in [6, 6.07) is 9.83. The van der Waals surface area contributed by atoms with E-state index in [2.05, 4.69) is 10.2 Å². The van der Waals surface area contributed by atoms with Crippen LogP contribution in [0, 0.1) is 6.92 Å². The van der Waals surface area contributed by atoms with Crippen LogP contribution in [0.3, 0.4) is 0 Å². The molecule has 1 atom stereocenters. The maximum Gasteiger partial charge on any atom is 0.174 e. The largest absolute Gasteiger partial charge is 0.495 e. The fourth-order valence-corrected chi connectivity index (χ4v) is 3.21. The molecular weight excluding hydrogens is 336 g/mol. The fourth-order valence-electron chi connectivity index (χ4n) is 2.96. The first kappa shape index (κ1) is 17.8. The lowest BCUT2D eigenvalue weighted by Crippen LogP contribution is -2.39. The van der Waals surface area contributed by atoms with Crippen molar-refractivity contribution >= 4 is 23.0 Å². The van der Waals surface area contributed by atoms with Gasteiger partial charge in [0, 0.05) is 13.2 Å². The molecule has 1 aromatic carbocycles. The Morgan fingerprint density at radius 3 is 2.96 bits per heavy atom. The predicted molar refractivity (Wildman–Crippen MR) is 102 cm³/mol. The van der Waals surface area contributed by atoms with Crippen molar-refractivity contribution < 1.29 is 13.9 Å². The van der Waals surface area contributed by atoms with Crippen molar-refractivity contribution in [2.45, 2.75) is 32.4 Å². The molecule has 3 rings (SSSR count). The monoisotopic (exact) mass is 360 g/mol. The summed E-state index contributed by atoms with van der Waals surface area (Å²) in [5.41, 5.74) is 2.01. The predicted octanol–water partition coefficient (Wildman–Crippen LogP) is 3.97. The number of ether oxygens (including phenoxy) is 2. The third-order valence-electron chi connectivity index (χ3n) is 4.26. The van der Waals surface area contributed by atoms with Crippen LogP contribution in [0.15, 0.2) is 41.0 Å². The van der Waals surface area contributed by atoms with Gasteiger partial charge in [0.15, 0.2) is 5.11 Å². The molecule has 1 fully saturated rings. The van der Waals surface area contributed by atoms with Crippen LogP contribution >= 0.6 is 12.2 Å². The van der Waals surface area contributed by atoms with Crippen LogP contribution in [-0.4, -0.2) is 36.4 Å². The van der Waals surface area contributed by atoms with Crippen LogP contribution in [-0.2, 0) is 11.3 Å². The van der Waals surface area contributed by atoms with E-state index in [-0.39, 0.29) is 6.10 Å². The first-order valence-electron chi connectivity index (χ1n) is 8.50. The number of benzene rings is 1. The number of nitrogens with zero attached hydrogens (tertiary/aromatic N) is 1. The van der Waals surface area contributed by atoms with Gasteiger partial charge in [-0.2, -0.15) is 0 Å². The minimum Gasteiger partial charge on any atom is -0.495 e. The lowest BCUT2D eigenvalue weighted by Gasteiger charge is -2.28. The Kier molecular flexibility index (Phi) is 5.94. The molecule has 25 heavy (non-hydrogen) atoms. The maximum absolute atomic E-state index is 5.78. The highest BCUT2D eigenvalue weighted by molar-refractivity contribution is 7.80. The molecule has 6 heteroatoms. The minimum atomic E-state index is 0.203. The van der Waals surface area contributed by atoms with E-state index in [9.17, 15) is 0 Å². The van der Waals surface area contributed by atoms with E-state index >= 15 is 0 Å². The standard InChI is InChI=1S/C19H24N2O3S/c1-14-7-8-18(22-2)17(11-14)20-19(25)21(12-15-5-3-9-23-15)13-16-6-4-10-24-16/h3,5,7-9,11,16H,4,6,10,12-13H2,1-2H3,(H,20,25). The van der Waals surface area contributed by atoms with Crippen molar-refractivity contribution in [1.29, 1.82) is 0 Å². The zero-order valence-electron chi connectivity index (χ0n) is 14.7. The molecule has 1 unspecified atom stereocenters. The number of furan rings is 1. The second-order valence-corrected chi connectivity index (χ2v) is 6.62. The summed E-state index contributed by atoms with van der Waals surface area (Å²) < 4.78 is 16.7. The third kappa shape index (κ3) is 4.74. The van der Waals surface area contributed by atoms with E-state index < -0.39 is 0 Å². The quantitative estimate of drug-likeness (QED) is 0.787. The van der Waals surface area contributed by atoms with Gasteiger partial charge in [0.2, 0.25) is 0 Å². The lowest BCUT2D eigenvalue weighted by atomic mass is 10.2. The highest BCUT2D eigenvalue weighted by atomic mass is 32.1. The molecular formula is C19H24N2O3S. The highest BCUT2D eigenvalue weighted by Gasteiger charge is 2.22. The smallest absolute Gasteiger partial charge is 0.174 e. The van der Waals surface area contributed by atoms with E-state index in [0.29, 0.717) is 11.7 Å². The highest BCUT2D eigenvalue weighted by Crippen LogP contribution is 2.26. The first-order chi connectivity index (χ1) is 12.2. The number of nitrogens with one attached hydrogen (secondary N) is 1. The molecule has 5 nitrogen and oxygen atoms in total. The van der Waals surface area contributed by atoms with Gasteiger partial charge in [0.25, 0.3) is 0 Å². The molecule has 0 radical (unpaired) electrons. The second kappa shape index (κ2) is 8.36. The van der Waals surface area contributed by atoms with Crippen molar-refractivity contribution in [3.63, 3.8) is 0 Å². The normalized spacial score (nSPS) is 16.6. The van der Waals surface area contributed by atoms with Crippen molar-refractivity contribution in [3.05, 3.63) is 47.9 Å². The molecule has 1 aliphatic heterocycles. The molecule has 2 heterocycles. The van der Waals surface area contributed by atoms with Crippen LogP contribution in [0.1, 0.15) is 24.2 Å². The number of anilines is 1. The zero-order valence-corrected chi connectivity index (χ0v) is 15.5. The lowest BCUT2D eigenvalue weighted by molar-refractivity contribution is 0.0892. The van der Waals surface area contributed by atoms with E-state index in [1.54, 1.807) is 13.4 Å². The number of hydrogen-bond acceptors (Lipinski definition) is 4. The van der Waals surface area contributed by atoms with E-state index in [1.807, 2.05) is 37.3 Å². The Morgan fingerprint density at radius 1 is 1.40 bits per heavy atom. The summed E-state index contributed by atoms with van der Waals surface area (Å²) in [7, 11) is 1.66. The Labute approximate surface area is 153 Å². The molecule has 2 aromatic rings. The van der Waals surface area contributed by atoms with Gasteiger partial charge in [-0.15, -0.1) is 0 Å². The van der Waals surface area contributed by atoms with Crippen molar-refractivity contribution in [2.75, 3.05) is 25.6 Å². The molecule has 0 saturated carbocycles. The van der Waals surface area contributed by atoms with Crippen LogP contribution in [0.2, 0.25) is 0 Å². The number of hydrogen-bond donors (Lipinski definition) is 1. The zero-order chi connectivity index (χ0) is 17.6. The fraction of sp³-hybridized carbons (Fsp3) is 0.421. The molecule has 1 aromatic heterocycles. The van der Waals surface area contributed by atoms with Crippen LogP contribution < -0.4 is 10.1 Å². The van der Waals surface area contributed by atoms with Crippen LogP contribution in [0.5, 0.6) is 5.75 Å². The van der Waals surface area contributed by atoms with Crippen molar-refractivity contribution in [1.82, 2.24) is 4.90 Å². The van der Waals surface area contributed by atoms with Gasteiger partial charge >= 0.3 is 0 Å². The Hall–Kier alpha value is -2.05. The van der Waals surface area contributed by atoms with Crippen LogP contribution in [0.25, 0.3) is 0 Å². The van der Waals surface area contributed by atoms with Crippen LogP contribution in [0.4, 0.5) is 5.69 Å². The SMILES string of the molecule is COc1ccc(C)cc1NC(=S)N(Cc1ccco1)CC1CCCO1. The second-order valence-electron chi connectivity index (χ2n) is 6.23. The average molecular weight is 360 g/mol. The third-order valence-corrected chi connectivity index (χ3v) is 4.62. The molecule has 0 amide bonds. The molecule has 1 saturated heterocycles. The summed E-state index contributed by atoms with van der Waals surface area (Å²) in [6.07, 6.45) is 4.05. The van der Waals surface area contributed by atoms with Gasteiger partial charge in [0.1, 0.15) is 11.5 Å². The summed E-state index contributed by atoms with van der Waals surface area (Å²) in [5, 5.41) is 3.96. The number of rotatable bonds is 6. The summed E-state index contributed by atoms with van der Waals surface area (Å²) in [5.74, 6) is 1.64. The molecule has 1 aliphatic rings.